The molecule has 0 spiro atoms. The molecule has 26 heavy (non-hydrogen) atoms. The molecule has 1 aliphatic heterocycles. The van der Waals surface area contributed by atoms with Gasteiger partial charge in [-0.1, -0.05) is 29.3 Å². The zero-order valence-corrected chi connectivity index (χ0v) is 16.0. The van der Waals surface area contributed by atoms with Crippen molar-refractivity contribution >= 4 is 45.2 Å². The molecular weight excluding hydrogens is 391 g/mol. The maximum absolute atomic E-state index is 7.82. The third-order valence-electron chi connectivity index (χ3n) is 4.22. The van der Waals surface area contributed by atoms with Crippen molar-refractivity contribution in [3.05, 3.63) is 51.9 Å². The molecular formula is C18H14Cl2N4OS. The number of nitrogens with one attached hydrogen (secondary N) is 1. The molecule has 0 atom stereocenters. The molecule has 5 nitrogen and oxygen atoms in total. The van der Waals surface area contributed by atoms with E-state index in [0.717, 1.165) is 39.8 Å². The minimum atomic E-state index is 0.523. The van der Waals surface area contributed by atoms with Gasteiger partial charge in [0.15, 0.2) is 0 Å². The maximum atomic E-state index is 7.82. The highest BCUT2D eigenvalue weighted by Crippen LogP contribution is 2.53. The minimum Gasteiger partial charge on any atom is -0.378 e. The van der Waals surface area contributed by atoms with Crippen LogP contribution in [0, 0.1) is 6.57 Å². The van der Waals surface area contributed by atoms with Gasteiger partial charge in [0.1, 0.15) is 0 Å². The summed E-state index contributed by atoms with van der Waals surface area (Å²) in [7, 11) is 0. The van der Waals surface area contributed by atoms with Crippen LogP contribution in [0.2, 0.25) is 10.0 Å². The Morgan fingerprint density at radius 2 is 2.04 bits per heavy atom. The van der Waals surface area contributed by atoms with Crippen LogP contribution in [0.3, 0.4) is 0 Å². The van der Waals surface area contributed by atoms with Crippen LogP contribution >= 0.6 is 34.5 Å². The van der Waals surface area contributed by atoms with E-state index in [1.54, 1.807) is 29.7 Å². The monoisotopic (exact) mass is 404 g/mol. The number of H-pyrrole nitrogens is 1. The molecule has 2 aromatic heterocycles. The summed E-state index contributed by atoms with van der Waals surface area (Å²) >= 11 is 14.1. The Hall–Kier alpha value is -2.04. The number of aromatic amines is 1. The van der Waals surface area contributed by atoms with Crippen molar-refractivity contribution in [2.24, 2.45) is 0 Å². The van der Waals surface area contributed by atoms with Gasteiger partial charge in [0.25, 0.3) is 0 Å². The molecule has 3 heterocycles. The van der Waals surface area contributed by atoms with E-state index >= 15 is 0 Å². The lowest BCUT2D eigenvalue weighted by atomic mass is 10.0. The molecule has 1 fully saturated rings. The SMILES string of the molecule is [C-]#[N+]c1c(N2CCOCC2)sc(-c2ccn[nH]2)c1-c1ccc(Cl)cc1Cl. The van der Waals surface area contributed by atoms with Crippen molar-refractivity contribution in [2.75, 3.05) is 31.2 Å². The Morgan fingerprint density at radius 1 is 1.23 bits per heavy atom. The summed E-state index contributed by atoms with van der Waals surface area (Å²) in [5.41, 5.74) is 3.07. The van der Waals surface area contributed by atoms with E-state index < -0.39 is 0 Å². The summed E-state index contributed by atoms with van der Waals surface area (Å²) in [5, 5.41) is 9.10. The first kappa shape index (κ1) is 17.4. The normalized spacial score (nSPS) is 14.4. The number of ether oxygens (including phenoxy) is 1. The Balaban J connectivity index is 1.95. The zero-order chi connectivity index (χ0) is 18.1. The van der Waals surface area contributed by atoms with Gasteiger partial charge in [-0.15, -0.1) is 11.3 Å². The number of rotatable bonds is 3. The third kappa shape index (κ3) is 3.08. The van der Waals surface area contributed by atoms with Gasteiger partial charge in [-0.3, -0.25) is 5.10 Å². The summed E-state index contributed by atoms with van der Waals surface area (Å²) in [6.45, 7) is 10.7. The van der Waals surface area contributed by atoms with Crippen molar-refractivity contribution in [1.29, 1.82) is 0 Å². The lowest BCUT2D eigenvalue weighted by Crippen LogP contribution is -2.35. The van der Waals surface area contributed by atoms with E-state index in [4.69, 9.17) is 34.5 Å². The Bertz CT molecular complexity index is 972. The van der Waals surface area contributed by atoms with Gasteiger partial charge in [-0.2, -0.15) is 5.10 Å². The number of hydrogen-bond acceptors (Lipinski definition) is 4. The van der Waals surface area contributed by atoms with Crippen molar-refractivity contribution in [1.82, 2.24) is 10.2 Å². The average Bonchev–Trinajstić information content (AvgIpc) is 3.30. The minimum absolute atomic E-state index is 0.523. The molecule has 0 amide bonds. The quantitative estimate of drug-likeness (QED) is 0.586. The van der Waals surface area contributed by atoms with Crippen molar-refractivity contribution in [3.8, 4) is 21.7 Å². The topological polar surface area (TPSA) is 45.5 Å². The van der Waals surface area contributed by atoms with E-state index in [1.165, 1.54) is 0 Å². The molecule has 1 aromatic carbocycles. The molecule has 0 saturated carbocycles. The van der Waals surface area contributed by atoms with Gasteiger partial charge >= 0.3 is 0 Å². The molecule has 0 unspecified atom stereocenters. The molecule has 1 N–H and O–H groups in total. The molecule has 8 heteroatoms. The summed E-state index contributed by atoms with van der Waals surface area (Å²) in [6.07, 6.45) is 1.70. The fourth-order valence-electron chi connectivity index (χ4n) is 3.01. The lowest BCUT2D eigenvalue weighted by Gasteiger charge is -2.28. The molecule has 3 aromatic rings. The molecule has 0 aliphatic carbocycles. The number of aromatic nitrogens is 2. The standard InChI is InChI=1S/C18H14Cl2N4OS/c1-21-16-15(12-3-2-11(19)10-13(12)20)17(14-4-5-22-23-14)26-18(16)24-6-8-25-9-7-24/h2-5,10H,6-9H2,(H,22,23). The Morgan fingerprint density at radius 3 is 2.69 bits per heavy atom. The second-order valence-electron chi connectivity index (χ2n) is 5.77. The average molecular weight is 405 g/mol. The van der Waals surface area contributed by atoms with Crippen LogP contribution in [-0.2, 0) is 4.74 Å². The van der Waals surface area contributed by atoms with E-state index in [-0.39, 0.29) is 0 Å². The first-order chi connectivity index (χ1) is 12.7. The number of nitrogens with zero attached hydrogens (tertiary/aromatic N) is 3. The second-order valence-corrected chi connectivity index (χ2v) is 7.61. The summed E-state index contributed by atoms with van der Waals surface area (Å²) < 4.78 is 5.45. The Kier molecular flexibility index (Phi) is 4.88. The second kappa shape index (κ2) is 7.29. The maximum Gasteiger partial charge on any atom is 0.228 e. The highest BCUT2D eigenvalue weighted by molar-refractivity contribution is 7.21. The van der Waals surface area contributed by atoms with Gasteiger partial charge in [0, 0.05) is 34.9 Å². The van der Waals surface area contributed by atoms with E-state index in [1.807, 2.05) is 12.1 Å². The summed E-state index contributed by atoms with van der Waals surface area (Å²) in [5.74, 6) is 0. The van der Waals surface area contributed by atoms with E-state index in [0.29, 0.717) is 28.9 Å². The van der Waals surface area contributed by atoms with Crippen LogP contribution in [0.5, 0.6) is 0 Å². The number of anilines is 1. The predicted molar refractivity (Wildman–Crippen MR) is 107 cm³/mol. The third-order valence-corrected chi connectivity index (χ3v) is 6.04. The molecule has 132 valence electrons. The van der Waals surface area contributed by atoms with Crippen LogP contribution in [0.4, 0.5) is 10.7 Å². The van der Waals surface area contributed by atoms with E-state index in [9.17, 15) is 0 Å². The van der Waals surface area contributed by atoms with E-state index in [2.05, 4.69) is 19.9 Å². The van der Waals surface area contributed by atoms with Gasteiger partial charge in [-0.05, 0) is 23.8 Å². The summed E-state index contributed by atoms with van der Waals surface area (Å²) in [6, 6.07) is 7.26. The number of hydrogen-bond donors (Lipinski definition) is 1. The number of halogens is 2. The van der Waals surface area contributed by atoms with Crippen LogP contribution in [0.25, 0.3) is 26.5 Å². The Labute approximate surface area is 164 Å². The fourth-order valence-corrected chi connectivity index (χ4v) is 4.79. The fraction of sp³-hybridized carbons (Fsp3) is 0.222. The van der Waals surface area contributed by atoms with Crippen LogP contribution in [0.1, 0.15) is 0 Å². The molecule has 1 saturated heterocycles. The molecule has 0 bridgehead atoms. The van der Waals surface area contributed by atoms with Gasteiger partial charge in [0.2, 0.25) is 5.69 Å². The van der Waals surface area contributed by atoms with Crippen molar-refractivity contribution < 1.29 is 4.74 Å². The smallest absolute Gasteiger partial charge is 0.228 e. The number of thiophene rings is 1. The molecule has 4 rings (SSSR count). The number of benzene rings is 1. The van der Waals surface area contributed by atoms with Crippen LogP contribution in [-0.4, -0.2) is 36.5 Å². The molecule has 0 radical (unpaired) electrons. The lowest BCUT2D eigenvalue weighted by molar-refractivity contribution is 0.123. The van der Waals surface area contributed by atoms with Crippen LogP contribution in [0.15, 0.2) is 30.5 Å². The van der Waals surface area contributed by atoms with Crippen molar-refractivity contribution in [2.45, 2.75) is 0 Å². The summed E-state index contributed by atoms with van der Waals surface area (Å²) in [4.78, 5) is 7.01. The first-order valence-corrected chi connectivity index (χ1v) is 9.58. The van der Waals surface area contributed by atoms with Gasteiger partial charge in [0.05, 0.1) is 35.4 Å². The number of morpholine rings is 1. The zero-order valence-electron chi connectivity index (χ0n) is 13.6. The van der Waals surface area contributed by atoms with Crippen molar-refractivity contribution in [3.63, 3.8) is 0 Å². The highest BCUT2D eigenvalue weighted by atomic mass is 35.5. The van der Waals surface area contributed by atoms with Crippen LogP contribution < -0.4 is 4.90 Å². The van der Waals surface area contributed by atoms with Gasteiger partial charge in [-0.25, -0.2) is 4.85 Å². The first-order valence-electron chi connectivity index (χ1n) is 8.01. The largest absolute Gasteiger partial charge is 0.378 e. The predicted octanol–water partition coefficient (Wildman–Crippen LogP) is 5.50. The molecule has 1 aliphatic rings. The highest BCUT2D eigenvalue weighted by Gasteiger charge is 2.27. The van der Waals surface area contributed by atoms with Gasteiger partial charge < -0.3 is 9.64 Å².